The second-order valence-electron chi connectivity index (χ2n) is 6.32. The van der Waals surface area contributed by atoms with Crippen molar-refractivity contribution in [2.45, 2.75) is 58.8 Å². The van der Waals surface area contributed by atoms with Crippen LogP contribution in [0.1, 0.15) is 40.5 Å². The Morgan fingerprint density at radius 2 is 1.84 bits per heavy atom. The highest BCUT2D eigenvalue weighted by Gasteiger charge is 2.42. The van der Waals surface area contributed by atoms with Gasteiger partial charge in [-0.25, -0.2) is 0 Å². The van der Waals surface area contributed by atoms with Gasteiger partial charge in [0.2, 0.25) is 5.91 Å². The van der Waals surface area contributed by atoms with Gasteiger partial charge in [-0.1, -0.05) is 6.92 Å². The van der Waals surface area contributed by atoms with E-state index < -0.39 is 0 Å². The zero-order chi connectivity index (χ0) is 14.0. The van der Waals surface area contributed by atoms with Crippen molar-refractivity contribution in [3.8, 4) is 0 Å². The number of ether oxygens (including phenoxy) is 1. The Morgan fingerprint density at radius 3 is 2.37 bits per heavy atom. The third kappa shape index (κ3) is 3.29. The maximum absolute atomic E-state index is 12.5. The predicted octanol–water partition coefficient (Wildman–Crippen LogP) is 1.55. The van der Waals surface area contributed by atoms with E-state index in [1.54, 1.807) is 0 Å². The molecule has 0 radical (unpaired) electrons. The molecule has 110 valence electrons. The van der Waals surface area contributed by atoms with Crippen LogP contribution in [0.4, 0.5) is 0 Å². The van der Waals surface area contributed by atoms with E-state index in [2.05, 4.69) is 31.4 Å². The standard InChI is InChI=1S/C15H28N2O2/c1-9-11(3)19-12(4)14(9)15(18)17-10(2)13-5-7-16-8-6-13/h9-14,16H,5-8H2,1-4H3,(H,17,18). The number of hydrogen-bond acceptors (Lipinski definition) is 3. The first kappa shape index (κ1) is 14.8. The monoisotopic (exact) mass is 268 g/mol. The molecule has 2 rings (SSSR count). The van der Waals surface area contributed by atoms with Gasteiger partial charge in [0.15, 0.2) is 0 Å². The minimum atomic E-state index is -0.000773. The first-order valence-corrected chi connectivity index (χ1v) is 7.67. The van der Waals surface area contributed by atoms with Crippen LogP contribution >= 0.6 is 0 Å². The van der Waals surface area contributed by atoms with Gasteiger partial charge in [0.05, 0.1) is 18.1 Å². The lowest BCUT2D eigenvalue weighted by Crippen LogP contribution is -2.46. The van der Waals surface area contributed by atoms with Crippen LogP contribution in [0.2, 0.25) is 0 Å². The molecule has 5 unspecified atom stereocenters. The zero-order valence-electron chi connectivity index (χ0n) is 12.6. The smallest absolute Gasteiger partial charge is 0.226 e. The molecule has 0 aliphatic carbocycles. The Labute approximate surface area is 116 Å². The second-order valence-corrected chi connectivity index (χ2v) is 6.32. The SMILES string of the molecule is CC(NC(=O)C1C(C)OC(C)C1C)C1CCNCC1. The van der Waals surface area contributed by atoms with Crippen LogP contribution in [0.25, 0.3) is 0 Å². The second kappa shape index (κ2) is 6.23. The molecule has 4 nitrogen and oxygen atoms in total. The summed E-state index contributed by atoms with van der Waals surface area (Å²) in [6.07, 6.45) is 2.53. The number of carbonyl (C=O) groups excluding carboxylic acids is 1. The van der Waals surface area contributed by atoms with E-state index in [0.717, 1.165) is 25.9 Å². The maximum atomic E-state index is 12.5. The Morgan fingerprint density at radius 1 is 1.21 bits per heavy atom. The molecule has 19 heavy (non-hydrogen) atoms. The summed E-state index contributed by atoms with van der Waals surface area (Å²) in [6, 6.07) is 0.268. The van der Waals surface area contributed by atoms with Gasteiger partial charge in [0.25, 0.3) is 0 Å². The van der Waals surface area contributed by atoms with Crippen LogP contribution in [-0.4, -0.2) is 37.2 Å². The highest BCUT2D eigenvalue weighted by atomic mass is 16.5. The fourth-order valence-corrected chi connectivity index (χ4v) is 3.50. The number of hydrogen-bond donors (Lipinski definition) is 2. The van der Waals surface area contributed by atoms with Crippen molar-refractivity contribution in [3.63, 3.8) is 0 Å². The Balaban J connectivity index is 1.89. The molecule has 0 aromatic rings. The Bertz CT molecular complexity index is 315. The quantitative estimate of drug-likeness (QED) is 0.816. The van der Waals surface area contributed by atoms with Crippen molar-refractivity contribution < 1.29 is 9.53 Å². The Kier molecular flexibility index (Phi) is 4.85. The molecule has 5 atom stereocenters. The molecule has 0 bridgehead atoms. The molecular formula is C15H28N2O2. The van der Waals surface area contributed by atoms with Gasteiger partial charge in [-0.15, -0.1) is 0 Å². The van der Waals surface area contributed by atoms with Gasteiger partial charge >= 0.3 is 0 Å². The summed E-state index contributed by atoms with van der Waals surface area (Å²) < 4.78 is 5.76. The van der Waals surface area contributed by atoms with Crippen LogP contribution < -0.4 is 10.6 Å². The molecule has 2 saturated heterocycles. The molecule has 2 N–H and O–H groups in total. The van der Waals surface area contributed by atoms with Crippen molar-refractivity contribution in [2.24, 2.45) is 17.8 Å². The summed E-state index contributed by atoms with van der Waals surface area (Å²) in [5, 5.41) is 6.59. The van der Waals surface area contributed by atoms with E-state index >= 15 is 0 Å². The largest absolute Gasteiger partial charge is 0.374 e. The van der Waals surface area contributed by atoms with E-state index in [1.165, 1.54) is 0 Å². The van der Waals surface area contributed by atoms with Crippen molar-refractivity contribution in [1.82, 2.24) is 10.6 Å². The maximum Gasteiger partial charge on any atom is 0.226 e. The topological polar surface area (TPSA) is 50.4 Å². The average molecular weight is 268 g/mol. The van der Waals surface area contributed by atoms with Gasteiger partial charge in [-0.2, -0.15) is 0 Å². The van der Waals surface area contributed by atoms with Gasteiger partial charge in [-0.3, -0.25) is 4.79 Å². The number of amides is 1. The van der Waals surface area contributed by atoms with Gasteiger partial charge in [-0.05, 0) is 58.5 Å². The molecule has 0 spiro atoms. The fraction of sp³-hybridized carbons (Fsp3) is 0.933. The van der Waals surface area contributed by atoms with Crippen LogP contribution in [0.15, 0.2) is 0 Å². The first-order chi connectivity index (χ1) is 9.00. The van der Waals surface area contributed by atoms with E-state index in [-0.39, 0.29) is 30.1 Å². The summed E-state index contributed by atoms with van der Waals surface area (Å²) >= 11 is 0. The minimum absolute atomic E-state index is 0.000773. The van der Waals surface area contributed by atoms with E-state index in [1.807, 2.05) is 6.92 Å². The lowest BCUT2D eigenvalue weighted by atomic mass is 9.87. The third-order valence-electron chi connectivity index (χ3n) is 5.01. The molecule has 4 heteroatoms. The van der Waals surface area contributed by atoms with Crippen LogP contribution in [0.3, 0.4) is 0 Å². The Hall–Kier alpha value is -0.610. The van der Waals surface area contributed by atoms with Gasteiger partial charge in [0, 0.05) is 6.04 Å². The molecular weight excluding hydrogens is 240 g/mol. The lowest BCUT2D eigenvalue weighted by Gasteiger charge is -2.30. The highest BCUT2D eigenvalue weighted by molar-refractivity contribution is 5.80. The van der Waals surface area contributed by atoms with E-state index in [4.69, 9.17) is 4.74 Å². The van der Waals surface area contributed by atoms with E-state index in [0.29, 0.717) is 11.8 Å². The number of rotatable bonds is 3. The number of piperidine rings is 1. The zero-order valence-corrected chi connectivity index (χ0v) is 12.6. The van der Waals surface area contributed by atoms with Gasteiger partial charge < -0.3 is 15.4 Å². The summed E-state index contributed by atoms with van der Waals surface area (Å²) in [7, 11) is 0. The molecule has 2 fully saturated rings. The van der Waals surface area contributed by atoms with Crippen molar-refractivity contribution >= 4 is 5.91 Å². The van der Waals surface area contributed by atoms with Crippen LogP contribution in [-0.2, 0) is 9.53 Å². The van der Waals surface area contributed by atoms with Crippen LogP contribution in [0, 0.1) is 17.8 Å². The van der Waals surface area contributed by atoms with Crippen molar-refractivity contribution in [3.05, 3.63) is 0 Å². The first-order valence-electron chi connectivity index (χ1n) is 7.67. The van der Waals surface area contributed by atoms with Crippen molar-refractivity contribution in [2.75, 3.05) is 13.1 Å². The summed E-state index contributed by atoms with van der Waals surface area (Å²) in [5.41, 5.74) is 0. The van der Waals surface area contributed by atoms with E-state index in [9.17, 15) is 4.79 Å². The number of nitrogens with one attached hydrogen (secondary N) is 2. The molecule has 0 aromatic carbocycles. The summed E-state index contributed by atoms with van der Waals surface area (Å²) in [4.78, 5) is 12.5. The summed E-state index contributed by atoms with van der Waals surface area (Å²) in [5.74, 6) is 1.08. The normalized spacial score (nSPS) is 38.1. The fourth-order valence-electron chi connectivity index (χ4n) is 3.50. The molecule has 1 amide bonds. The third-order valence-corrected chi connectivity index (χ3v) is 5.01. The summed E-state index contributed by atoms with van der Waals surface area (Å²) in [6.45, 7) is 10.5. The lowest BCUT2D eigenvalue weighted by molar-refractivity contribution is -0.128. The molecule has 2 aliphatic rings. The van der Waals surface area contributed by atoms with Crippen LogP contribution in [0.5, 0.6) is 0 Å². The molecule has 2 aliphatic heterocycles. The molecule has 0 aromatic heterocycles. The average Bonchev–Trinajstić information content (AvgIpc) is 2.64. The highest BCUT2D eigenvalue weighted by Crippen LogP contribution is 2.32. The predicted molar refractivity (Wildman–Crippen MR) is 75.9 cm³/mol. The molecule has 0 saturated carbocycles. The van der Waals surface area contributed by atoms with Gasteiger partial charge in [0.1, 0.15) is 0 Å². The minimum Gasteiger partial charge on any atom is -0.374 e. The number of carbonyl (C=O) groups is 1. The van der Waals surface area contributed by atoms with Crippen molar-refractivity contribution in [1.29, 1.82) is 0 Å². The molecule has 2 heterocycles.